The Kier molecular flexibility index (Phi) is 44.5. The molecule has 4 aliphatic rings. The number of aliphatic hydroxyl groups is 6. The predicted octanol–water partition coefficient (Wildman–Crippen LogP) is -5.03. The van der Waals surface area contributed by atoms with Gasteiger partial charge in [-0.2, -0.15) is 21.3 Å². The van der Waals surface area contributed by atoms with Gasteiger partial charge in [0.2, 0.25) is 35.4 Å². The number of thiol groups is 1. The Morgan fingerprint density at radius 1 is 0.595 bits per heavy atom. The first-order valence-electron chi connectivity index (χ1n) is 35.5. The van der Waals surface area contributed by atoms with E-state index >= 15 is 0 Å². The zero-order valence-corrected chi connectivity index (χ0v) is 74.3. The number of phosphoric acid groups is 6. The van der Waals surface area contributed by atoms with Crippen LogP contribution in [0.2, 0.25) is 0 Å². The number of hydrogen-bond donors (Lipinski definition) is 25. The molecular formula is C58H106N16O38P6S3. The molecule has 63 heteroatoms. The normalized spacial score (nSPS) is 22.1. The first-order valence-corrected chi connectivity index (χ1v) is 47.1. The van der Waals surface area contributed by atoms with Gasteiger partial charge in [-0.3, -0.25) is 75.1 Å². The summed E-state index contributed by atoms with van der Waals surface area (Å²) in [6.07, 6.45) is -17.1. The van der Waals surface area contributed by atoms with Crippen LogP contribution < -0.4 is 54.0 Å². The van der Waals surface area contributed by atoms with Crippen molar-refractivity contribution < 1.29 is 181 Å². The number of fused-ring (bicyclic) bond motifs is 1. The van der Waals surface area contributed by atoms with Gasteiger partial charge in [0.05, 0.1) is 39.4 Å². The number of nitrogens with zero attached hydrogens (tertiary/aromatic N) is 6. The maximum absolute atomic E-state index is 12.6. The number of carbonyl (C=O) groups excluding carboxylic acids is 8. The summed E-state index contributed by atoms with van der Waals surface area (Å²) in [5, 5.41) is 82.9. The Hall–Kier alpha value is -5.41. The zero-order valence-electron chi connectivity index (χ0n) is 66.4. The summed E-state index contributed by atoms with van der Waals surface area (Å²) in [6, 6.07) is 0. The maximum Gasteiger partial charge on any atom is 0.481 e. The van der Waals surface area contributed by atoms with Crippen LogP contribution in [0.15, 0.2) is 32.8 Å². The number of hydrogen-bond acceptors (Lipinski definition) is 42. The zero-order chi connectivity index (χ0) is 92.2. The number of rotatable bonds is 48. The van der Waals surface area contributed by atoms with Crippen LogP contribution in [-0.4, -0.2) is 319 Å². The summed E-state index contributed by atoms with van der Waals surface area (Å²) >= 11 is 6.00. The van der Waals surface area contributed by atoms with E-state index in [0.717, 1.165) is 23.5 Å². The van der Waals surface area contributed by atoms with E-state index in [1.54, 1.807) is 0 Å². The number of amides is 6. The molecule has 15 atom stereocenters. The number of aliphatic imine (C=N–C) groups is 3. The lowest BCUT2D eigenvalue weighted by molar-refractivity contribution is -0.137. The first-order chi connectivity index (χ1) is 55.7. The van der Waals surface area contributed by atoms with E-state index in [9.17, 15) is 126 Å². The highest BCUT2D eigenvalue weighted by Crippen LogP contribution is 2.62. The third kappa shape index (κ3) is 38.8. The molecule has 5 rings (SSSR count). The predicted molar refractivity (Wildman–Crippen MR) is 428 cm³/mol. The van der Waals surface area contributed by atoms with Crippen LogP contribution in [0.3, 0.4) is 0 Å². The van der Waals surface area contributed by atoms with Gasteiger partial charge in [-0.25, -0.2) is 42.4 Å². The van der Waals surface area contributed by atoms with Gasteiger partial charge in [0.25, 0.3) is 0 Å². The number of likely N-dealkylation sites (N-methyl/N-ethyl adjacent to an activating group) is 1. The first kappa shape index (κ1) is 110. The summed E-state index contributed by atoms with van der Waals surface area (Å²) in [5.41, 5.74) is 7.58. The molecule has 0 radical (unpaired) electrons. The Bertz CT molecular complexity index is 4130. The number of nitrogens with two attached hydrogens (primary N) is 2. The SMILES string of the molecule is C=NC1=C(N(C)C2OC(COP(=O)(O)OP(=O)(O)OCC(C)(C)C(O)C(=O)NCCC(=O)NCCSC(C)=O)C(O)C2O)NCN=C1N.CC(=O)SCCNC(=O)CCNC(=O)C(O)C(C)(C)COP(=O)(O)OP(=O)(O)OCC1OC(n2cnc3c2NCN=C3N)C(O)C1OP(=O)(O)O.CC(C)(COP(=O)(O)O)C(O)C(=O)NCCC(=O)NCCS. The number of carbonyl (C=O) groups is 8. The van der Waals surface area contributed by atoms with E-state index in [-0.39, 0.29) is 116 Å². The molecule has 4 aliphatic heterocycles. The van der Waals surface area contributed by atoms with E-state index in [1.807, 2.05) is 0 Å². The lowest BCUT2D eigenvalue weighted by atomic mass is 9.87. The Morgan fingerprint density at radius 2 is 1.00 bits per heavy atom. The van der Waals surface area contributed by atoms with Gasteiger partial charge >= 0.3 is 46.9 Å². The highest BCUT2D eigenvalue weighted by molar-refractivity contribution is 8.13. The third-order valence-electron chi connectivity index (χ3n) is 16.4. The minimum absolute atomic E-state index is 0.0188. The number of ether oxygens (including phenoxy) is 2. The fourth-order valence-corrected chi connectivity index (χ4v) is 16.6. The average molecular weight is 1920 g/mol. The molecule has 0 aliphatic carbocycles. The van der Waals surface area contributed by atoms with E-state index in [1.165, 1.54) is 78.2 Å². The quantitative estimate of drug-likeness (QED) is 0.0126. The Balaban J connectivity index is 0.000000504. The number of aromatic nitrogens is 2. The second-order valence-corrected chi connectivity index (χ2v) is 39.4. The summed E-state index contributed by atoms with van der Waals surface area (Å²) in [4.78, 5) is 187. The van der Waals surface area contributed by atoms with E-state index in [0.29, 0.717) is 23.8 Å². The van der Waals surface area contributed by atoms with Crippen LogP contribution in [0.25, 0.3) is 0 Å². The van der Waals surface area contributed by atoms with Crippen LogP contribution in [0.4, 0.5) is 5.82 Å². The van der Waals surface area contributed by atoms with Crippen molar-refractivity contribution >= 4 is 153 Å². The van der Waals surface area contributed by atoms with Gasteiger partial charge in [-0.15, -0.1) is 0 Å². The number of amidine groups is 2. The summed E-state index contributed by atoms with van der Waals surface area (Å²) < 4.78 is 121. The molecule has 0 bridgehead atoms. The molecule has 1 aromatic heterocycles. The van der Waals surface area contributed by atoms with Crippen molar-refractivity contribution in [3.8, 4) is 0 Å². The van der Waals surface area contributed by atoms with E-state index in [2.05, 4.69) is 99.5 Å². The van der Waals surface area contributed by atoms with Crippen LogP contribution in [0.1, 0.15) is 86.6 Å². The molecule has 2 saturated heterocycles. The lowest BCUT2D eigenvalue weighted by Crippen LogP contribution is -2.47. The molecule has 0 aromatic carbocycles. The highest BCUT2D eigenvalue weighted by atomic mass is 32.2. The molecular weight excluding hydrogens is 1810 g/mol. The van der Waals surface area contributed by atoms with Crippen molar-refractivity contribution in [2.45, 2.75) is 142 Å². The van der Waals surface area contributed by atoms with Gasteiger partial charge < -0.3 is 138 Å². The minimum Gasteiger partial charge on any atom is -0.387 e. The number of phosphoric ester groups is 6. The fourth-order valence-electron chi connectivity index (χ4n) is 9.96. The van der Waals surface area contributed by atoms with Crippen molar-refractivity contribution in [1.29, 1.82) is 0 Å². The van der Waals surface area contributed by atoms with Crippen molar-refractivity contribution in [2.75, 3.05) is 115 Å². The fraction of sp³-hybridized carbons (Fsp3) is 0.724. The molecule has 1 aromatic rings. The molecule has 15 unspecified atom stereocenters. The van der Waals surface area contributed by atoms with Gasteiger partial charge in [-0.05, 0) is 6.72 Å². The number of thioether (sulfide) groups is 2. The van der Waals surface area contributed by atoms with Gasteiger partial charge in [0.15, 0.2) is 22.7 Å². The number of nitrogens with one attached hydrogen (secondary N) is 8. The minimum atomic E-state index is -5.55. The van der Waals surface area contributed by atoms with Gasteiger partial charge in [-0.1, -0.05) is 65.1 Å². The van der Waals surface area contributed by atoms with E-state index < -0.39 is 193 Å². The van der Waals surface area contributed by atoms with Gasteiger partial charge in [0.1, 0.15) is 103 Å². The third-order valence-corrected chi connectivity index (χ3v) is 24.4. The summed E-state index contributed by atoms with van der Waals surface area (Å²) in [6.45, 7) is 10.6. The second-order valence-electron chi connectivity index (χ2n) is 27.9. The summed E-state index contributed by atoms with van der Waals surface area (Å²) in [7, 11) is -30.3. The molecule has 6 amide bonds. The van der Waals surface area contributed by atoms with Crippen LogP contribution in [0.5, 0.6) is 0 Å². The lowest BCUT2D eigenvalue weighted by Gasteiger charge is -2.32. The standard InChI is InChI=1S/C24H43N7O14P2S.C23H40N7O17P3S.C11H23N2O7PS/c1-13(32)48-9-8-27-15(33)6-7-28-22(37)19(36)24(2,3)11-43-47(40,41)45-46(38,39)42-10-14-17(34)18(35)23(44-14)31(5)21-16(26-4)20(25)29-12-30-21;1-12(31)51-7-6-25-14(32)4-5-26-21(35)18(34)23(2,3)9-44-50(41,42)47-49(39,40)43-8-13-17(46-48(36,37)38)16(33)22(45-13)30-11-29-15-19(24)27-10-28-20(15)30;1-11(2,7-20-21(17,18)19)9(15)10(16)13-4-3-8(14)12-5-6-22/h14,17-19,23,30,34-36H,4,6-12H2,1-3,5H3,(H2,25,29)(H,27,33)(H,28,37)(H,38,39)(H,40,41);11,13,16-18,22,28,33-34H,4-10H2,1-3H3,(H2,24,27)(H,25,32)(H,26,35)(H,39,40)(H,41,42)(H2,36,37,38);9,15,22H,3-7H2,1-2H3,(H,12,14)(H,13,16)(H2,17,18,19). The second kappa shape index (κ2) is 49.1. The number of aliphatic hydroxyl groups excluding tert-OH is 6. The largest absolute Gasteiger partial charge is 0.481 e. The molecule has 0 spiro atoms. The molecule has 694 valence electrons. The monoisotopic (exact) mass is 1920 g/mol. The molecule has 2 fully saturated rings. The van der Waals surface area contributed by atoms with Crippen LogP contribution in [0, 0.1) is 16.2 Å². The van der Waals surface area contributed by atoms with E-state index in [4.69, 9.17) is 48.8 Å². The molecule has 54 nitrogen and oxygen atoms in total. The molecule has 5 heterocycles. The molecule has 26 N–H and O–H groups in total. The van der Waals surface area contributed by atoms with Crippen LogP contribution in [-0.2, 0) is 111 Å². The average Bonchev–Trinajstić information content (AvgIpc) is 1.61. The summed E-state index contributed by atoms with van der Waals surface area (Å²) in [5.74, 6) is -1.91. The van der Waals surface area contributed by atoms with Crippen LogP contribution >= 0.6 is 83.1 Å². The Labute approximate surface area is 705 Å². The van der Waals surface area contributed by atoms with Crippen molar-refractivity contribution in [2.24, 2.45) is 42.7 Å². The highest BCUT2D eigenvalue weighted by Gasteiger charge is 2.52. The van der Waals surface area contributed by atoms with Crippen molar-refractivity contribution in [1.82, 2.24) is 51.7 Å². The van der Waals surface area contributed by atoms with Crippen molar-refractivity contribution in [3.63, 3.8) is 0 Å². The topological polar surface area (TPSA) is 821 Å². The molecule has 121 heavy (non-hydrogen) atoms. The number of imidazole rings is 1. The maximum atomic E-state index is 12.6. The van der Waals surface area contributed by atoms with Gasteiger partial charge in [0, 0.05) is 113 Å². The molecule has 0 saturated carbocycles. The number of anilines is 1. The smallest absolute Gasteiger partial charge is 0.387 e. The van der Waals surface area contributed by atoms with Crippen molar-refractivity contribution in [3.05, 3.63) is 23.5 Å². The Morgan fingerprint density at radius 3 is 1.41 bits per heavy atom.